The average Bonchev–Trinajstić information content (AvgIpc) is 3.60. The Morgan fingerprint density at radius 3 is 2.80 bits per heavy atom. The Balaban J connectivity index is 1.59. The molecule has 0 bridgehead atoms. The molecule has 1 aliphatic heterocycles. The minimum atomic E-state index is -1.53. The van der Waals surface area contributed by atoms with Crippen molar-refractivity contribution in [2.75, 3.05) is 17.2 Å². The fourth-order valence-electron chi connectivity index (χ4n) is 3.91. The molecule has 2 aliphatic rings. The number of aromatic nitrogens is 1. The number of nitrogens with zero attached hydrogens (tertiary/aromatic N) is 4. The molecule has 176 valence electrons. The molecule has 0 radical (unpaired) electrons. The molecule has 2 heterocycles. The molecular weight excluding hydrogens is 467 g/mol. The zero-order valence-corrected chi connectivity index (χ0v) is 19.3. The molecule has 10 heteroatoms. The molecule has 1 saturated carbocycles. The highest BCUT2D eigenvalue weighted by molar-refractivity contribution is 6.35. The van der Waals surface area contributed by atoms with Gasteiger partial charge >= 0.3 is 0 Å². The van der Waals surface area contributed by atoms with Crippen molar-refractivity contribution in [2.45, 2.75) is 31.3 Å². The fraction of sp³-hybridized carbons (Fsp3) is 0.240. The molecule has 0 amide bonds. The van der Waals surface area contributed by atoms with Gasteiger partial charge in [-0.1, -0.05) is 23.7 Å². The van der Waals surface area contributed by atoms with Crippen LogP contribution in [0.5, 0.6) is 0 Å². The number of nitrogens with one attached hydrogen (secondary N) is 4. The van der Waals surface area contributed by atoms with Gasteiger partial charge in [0, 0.05) is 36.1 Å². The molecule has 0 spiro atoms. The maximum atomic E-state index is 13.7. The lowest BCUT2D eigenvalue weighted by Crippen LogP contribution is -2.38. The summed E-state index contributed by atoms with van der Waals surface area (Å²) in [5.74, 6) is -0.399. The fourth-order valence-corrected chi connectivity index (χ4v) is 4.18. The molecule has 2 aromatic carbocycles. The van der Waals surface area contributed by atoms with Gasteiger partial charge in [-0.05, 0) is 42.7 Å². The third-order valence-corrected chi connectivity index (χ3v) is 6.07. The van der Waals surface area contributed by atoms with E-state index < -0.39 is 11.8 Å². The van der Waals surface area contributed by atoms with Crippen molar-refractivity contribution in [3.63, 3.8) is 0 Å². The Morgan fingerprint density at radius 1 is 1.29 bits per heavy atom. The molecule has 1 unspecified atom stereocenters. The van der Waals surface area contributed by atoms with Gasteiger partial charge in [0.1, 0.15) is 11.9 Å². The predicted octanol–water partition coefficient (Wildman–Crippen LogP) is 4.71. The standard InChI is InChI=1S/C25H22ClFN8/c26-21-11-18(10-20-23(30-9-1-8-28)16(12-29)13-31-25(20)21)32-24(15-2-4-17(27)5-3-15)22-14-35(34-33-22)19-6-7-19/h2-5,10-11,13-14,19,24,32-34H,1,6-7,9H2,(H,30,31)/i24D. The van der Waals surface area contributed by atoms with Crippen LogP contribution >= 0.6 is 11.6 Å². The van der Waals surface area contributed by atoms with E-state index in [9.17, 15) is 11.0 Å². The summed E-state index contributed by atoms with van der Waals surface area (Å²) in [4.78, 5) is 4.34. The van der Waals surface area contributed by atoms with E-state index in [1.807, 2.05) is 11.2 Å². The first-order valence-electron chi connectivity index (χ1n) is 11.6. The van der Waals surface area contributed by atoms with Gasteiger partial charge in [-0.25, -0.2) is 4.39 Å². The van der Waals surface area contributed by atoms with Gasteiger partial charge < -0.3 is 16.1 Å². The van der Waals surface area contributed by atoms with Crippen LogP contribution in [0, 0.1) is 28.5 Å². The van der Waals surface area contributed by atoms with Crippen LogP contribution in [0.25, 0.3) is 10.9 Å². The van der Waals surface area contributed by atoms with Crippen LogP contribution in [0.3, 0.4) is 0 Å². The van der Waals surface area contributed by atoms with E-state index in [0.717, 1.165) is 12.8 Å². The minimum absolute atomic E-state index is 0.255. The maximum Gasteiger partial charge on any atom is 0.123 e. The normalized spacial score (nSPS) is 17.0. The van der Waals surface area contributed by atoms with E-state index in [1.54, 1.807) is 24.3 Å². The molecule has 1 aliphatic carbocycles. The molecule has 3 aromatic rings. The summed E-state index contributed by atoms with van der Waals surface area (Å²) in [6.07, 6.45) is 5.65. The number of anilines is 2. The Bertz CT molecular complexity index is 1430. The first kappa shape index (κ1) is 21.5. The second-order valence-corrected chi connectivity index (χ2v) is 8.68. The maximum absolute atomic E-state index is 13.7. The number of pyridine rings is 1. The van der Waals surface area contributed by atoms with Crippen molar-refractivity contribution < 1.29 is 5.76 Å². The van der Waals surface area contributed by atoms with E-state index in [2.05, 4.69) is 38.7 Å². The van der Waals surface area contributed by atoms with Gasteiger partial charge in [0.15, 0.2) is 0 Å². The van der Waals surface area contributed by atoms with Crippen LogP contribution in [0.1, 0.15) is 37.8 Å². The summed E-state index contributed by atoms with van der Waals surface area (Å²) in [5.41, 5.74) is 9.01. The smallest absolute Gasteiger partial charge is 0.123 e. The van der Waals surface area contributed by atoms with Crippen molar-refractivity contribution in [2.24, 2.45) is 0 Å². The third-order valence-electron chi connectivity index (χ3n) is 5.78. The van der Waals surface area contributed by atoms with Crippen LogP contribution in [0.2, 0.25) is 5.02 Å². The van der Waals surface area contributed by atoms with E-state index in [-0.39, 0.29) is 6.42 Å². The van der Waals surface area contributed by atoms with Gasteiger partial charge in [0.25, 0.3) is 0 Å². The first-order chi connectivity index (χ1) is 17.4. The van der Waals surface area contributed by atoms with Crippen molar-refractivity contribution in [1.82, 2.24) is 21.0 Å². The highest BCUT2D eigenvalue weighted by Crippen LogP contribution is 2.36. The molecule has 4 N–H and O–H groups in total. The summed E-state index contributed by atoms with van der Waals surface area (Å²) < 4.78 is 23.2. The van der Waals surface area contributed by atoms with Crippen molar-refractivity contribution in [3.05, 3.63) is 76.5 Å². The van der Waals surface area contributed by atoms with Crippen LogP contribution in [0.15, 0.2) is 54.5 Å². The Kier molecular flexibility index (Phi) is 5.93. The zero-order valence-electron chi connectivity index (χ0n) is 19.6. The Labute approximate surface area is 208 Å². The number of benzene rings is 2. The zero-order chi connectivity index (χ0) is 25.3. The lowest BCUT2D eigenvalue weighted by molar-refractivity contribution is 0.260. The molecule has 1 fully saturated rings. The number of halogens is 2. The SMILES string of the molecule is [2H]C(Nc1cc(Cl)c2ncc(C#N)c(NCCC#N)c2c1)(C1=CN(C2CC2)NN1)c1ccc(F)cc1. The van der Waals surface area contributed by atoms with E-state index >= 15 is 0 Å². The molecule has 5 rings (SSSR count). The van der Waals surface area contributed by atoms with Crippen LogP contribution in [-0.2, 0) is 0 Å². The predicted molar refractivity (Wildman–Crippen MR) is 132 cm³/mol. The Morgan fingerprint density at radius 2 is 2.09 bits per heavy atom. The topological polar surface area (TPSA) is 112 Å². The van der Waals surface area contributed by atoms with Crippen molar-refractivity contribution in [3.8, 4) is 12.1 Å². The van der Waals surface area contributed by atoms with E-state index in [0.29, 0.717) is 56.7 Å². The first-order valence-corrected chi connectivity index (χ1v) is 11.5. The van der Waals surface area contributed by atoms with Crippen LogP contribution in [0.4, 0.5) is 15.8 Å². The summed E-state index contributed by atoms with van der Waals surface area (Å²) >= 11 is 6.59. The molecule has 35 heavy (non-hydrogen) atoms. The number of hydrogen-bond donors (Lipinski definition) is 4. The quantitative estimate of drug-likeness (QED) is 0.337. The summed E-state index contributed by atoms with van der Waals surface area (Å²) in [6, 6.07) is 12.2. The van der Waals surface area contributed by atoms with Crippen molar-refractivity contribution in [1.29, 1.82) is 10.5 Å². The van der Waals surface area contributed by atoms with Gasteiger partial charge in [0.05, 0.1) is 47.4 Å². The summed E-state index contributed by atoms with van der Waals surface area (Å²) in [6.45, 7) is 0.344. The highest BCUT2D eigenvalue weighted by Gasteiger charge is 2.32. The molecule has 1 atom stereocenters. The third kappa shape index (κ3) is 4.78. The lowest BCUT2D eigenvalue weighted by atomic mass is 10.0. The Hall–Kier alpha value is -4.05. The number of hydrogen-bond acceptors (Lipinski definition) is 8. The molecule has 0 saturated heterocycles. The largest absolute Gasteiger partial charge is 0.382 e. The van der Waals surface area contributed by atoms with Gasteiger partial charge in [0.2, 0.25) is 0 Å². The van der Waals surface area contributed by atoms with E-state index in [1.165, 1.54) is 18.3 Å². The number of rotatable bonds is 8. The monoisotopic (exact) mass is 489 g/mol. The average molecular weight is 490 g/mol. The molecule has 1 aromatic heterocycles. The second-order valence-electron chi connectivity index (χ2n) is 8.27. The molecule has 8 nitrogen and oxygen atoms in total. The van der Waals surface area contributed by atoms with Crippen molar-refractivity contribution >= 4 is 33.9 Å². The second kappa shape index (κ2) is 9.67. The lowest BCUT2D eigenvalue weighted by Gasteiger charge is -2.22. The van der Waals surface area contributed by atoms with Gasteiger partial charge in [-0.3, -0.25) is 9.99 Å². The number of nitriles is 2. The molecular formula is C25H22ClFN8. The van der Waals surface area contributed by atoms with Crippen LogP contribution < -0.4 is 21.6 Å². The summed E-state index contributed by atoms with van der Waals surface area (Å²) in [7, 11) is 0. The van der Waals surface area contributed by atoms with Gasteiger partial charge in [-0.2, -0.15) is 10.5 Å². The minimum Gasteiger partial charge on any atom is -0.382 e. The number of fused-ring (bicyclic) bond motifs is 1. The number of hydrazine groups is 2. The van der Waals surface area contributed by atoms with E-state index in [4.69, 9.17) is 16.9 Å². The summed E-state index contributed by atoms with van der Waals surface area (Å²) in [5, 5.41) is 27.8. The van der Waals surface area contributed by atoms with Crippen LogP contribution in [-0.4, -0.2) is 22.6 Å². The van der Waals surface area contributed by atoms with Gasteiger partial charge in [-0.15, -0.1) is 5.53 Å². The highest BCUT2D eigenvalue weighted by atomic mass is 35.5.